The fourth-order valence-corrected chi connectivity index (χ4v) is 2.20. The smallest absolute Gasteiger partial charge is 0.337 e. The van der Waals surface area contributed by atoms with Gasteiger partial charge in [0.2, 0.25) is 11.8 Å². The molecule has 2 aromatic carbocycles. The van der Waals surface area contributed by atoms with Crippen LogP contribution in [0.15, 0.2) is 53.0 Å². The molecule has 0 saturated heterocycles. The van der Waals surface area contributed by atoms with Gasteiger partial charge in [0.05, 0.1) is 12.7 Å². The monoisotopic (exact) mass is 390 g/mol. The van der Waals surface area contributed by atoms with Crippen molar-refractivity contribution in [2.75, 3.05) is 17.7 Å². The summed E-state index contributed by atoms with van der Waals surface area (Å²) in [4.78, 5) is 35.2. The number of anilines is 2. The predicted octanol–water partition coefficient (Wildman–Crippen LogP) is 3.20. The van der Waals surface area contributed by atoms with E-state index in [0.29, 0.717) is 16.9 Å². The Bertz CT molecular complexity index is 759. The first-order valence-corrected chi connectivity index (χ1v) is 7.81. The second-order valence-corrected chi connectivity index (χ2v) is 5.77. The van der Waals surface area contributed by atoms with Crippen LogP contribution in [0, 0.1) is 0 Å². The first-order chi connectivity index (χ1) is 11.5. The van der Waals surface area contributed by atoms with E-state index in [9.17, 15) is 14.4 Å². The quantitative estimate of drug-likeness (QED) is 0.606. The van der Waals surface area contributed by atoms with Gasteiger partial charge in [0.1, 0.15) is 6.42 Å². The van der Waals surface area contributed by atoms with Crippen molar-refractivity contribution in [2.45, 2.75) is 6.42 Å². The molecule has 0 spiro atoms. The maximum atomic E-state index is 11.9. The number of ether oxygens (including phenoxy) is 1. The molecule has 0 aromatic heterocycles. The minimum absolute atomic E-state index is 0.314. The van der Waals surface area contributed by atoms with Crippen molar-refractivity contribution < 1.29 is 19.1 Å². The maximum absolute atomic E-state index is 11.9. The van der Waals surface area contributed by atoms with Crippen LogP contribution in [0.2, 0.25) is 0 Å². The lowest BCUT2D eigenvalue weighted by Gasteiger charge is -2.08. The van der Waals surface area contributed by atoms with E-state index in [1.165, 1.54) is 13.2 Å². The molecule has 24 heavy (non-hydrogen) atoms. The topological polar surface area (TPSA) is 84.5 Å². The molecule has 2 rings (SSSR count). The number of nitrogens with one attached hydrogen (secondary N) is 2. The van der Waals surface area contributed by atoms with Crippen molar-refractivity contribution in [2.24, 2.45) is 0 Å². The third kappa shape index (κ3) is 5.20. The molecule has 7 heteroatoms. The Labute approximate surface area is 147 Å². The van der Waals surface area contributed by atoms with Gasteiger partial charge in [0.25, 0.3) is 0 Å². The highest BCUT2D eigenvalue weighted by Crippen LogP contribution is 2.15. The van der Waals surface area contributed by atoms with Gasteiger partial charge < -0.3 is 15.4 Å². The molecular weight excluding hydrogens is 376 g/mol. The Hall–Kier alpha value is -2.67. The molecule has 0 aliphatic rings. The molecule has 0 fully saturated rings. The Balaban J connectivity index is 1.91. The number of amides is 2. The summed E-state index contributed by atoms with van der Waals surface area (Å²) < 4.78 is 5.51. The number of hydrogen-bond acceptors (Lipinski definition) is 4. The van der Waals surface area contributed by atoms with E-state index in [1.54, 1.807) is 42.5 Å². The highest BCUT2D eigenvalue weighted by Gasteiger charge is 2.11. The van der Waals surface area contributed by atoms with Gasteiger partial charge in [-0.25, -0.2) is 4.79 Å². The average molecular weight is 391 g/mol. The molecule has 0 saturated carbocycles. The summed E-state index contributed by atoms with van der Waals surface area (Å²) in [6.07, 6.45) is -0.335. The molecular formula is C17H15BrN2O4. The van der Waals surface area contributed by atoms with Crippen LogP contribution < -0.4 is 10.6 Å². The van der Waals surface area contributed by atoms with E-state index in [0.717, 1.165) is 4.47 Å². The molecule has 0 aliphatic heterocycles. The van der Waals surface area contributed by atoms with Crippen LogP contribution in [0.25, 0.3) is 0 Å². The summed E-state index contributed by atoms with van der Waals surface area (Å²) in [7, 11) is 1.28. The SMILES string of the molecule is COC(=O)c1cccc(NC(=O)CC(=O)Nc2ccc(Br)cc2)c1. The third-order valence-electron chi connectivity index (χ3n) is 3.02. The number of hydrogen-bond donors (Lipinski definition) is 2. The molecule has 0 atom stereocenters. The van der Waals surface area contributed by atoms with Gasteiger partial charge in [-0.05, 0) is 42.5 Å². The van der Waals surface area contributed by atoms with Crippen LogP contribution in [0.5, 0.6) is 0 Å². The van der Waals surface area contributed by atoms with E-state index < -0.39 is 17.8 Å². The van der Waals surface area contributed by atoms with Crippen molar-refractivity contribution in [3.63, 3.8) is 0 Å². The van der Waals surface area contributed by atoms with Crippen LogP contribution in [-0.2, 0) is 14.3 Å². The van der Waals surface area contributed by atoms with Gasteiger partial charge in [0.15, 0.2) is 0 Å². The number of methoxy groups -OCH3 is 1. The summed E-state index contributed by atoms with van der Waals surface area (Å²) in [5.74, 6) is -1.41. The Morgan fingerprint density at radius 2 is 1.58 bits per heavy atom. The van der Waals surface area contributed by atoms with Crippen molar-refractivity contribution in [1.29, 1.82) is 0 Å². The highest BCUT2D eigenvalue weighted by molar-refractivity contribution is 9.10. The predicted molar refractivity (Wildman–Crippen MR) is 93.8 cm³/mol. The summed E-state index contributed by atoms with van der Waals surface area (Å²) >= 11 is 3.30. The van der Waals surface area contributed by atoms with Gasteiger partial charge in [-0.2, -0.15) is 0 Å². The van der Waals surface area contributed by atoms with E-state index in [2.05, 4.69) is 31.3 Å². The molecule has 0 heterocycles. The zero-order valence-corrected chi connectivity index (χ0v) is 14.4. The van der Waals surface area contributed by atoms with Crippen LogP contribution >= 0.6 is 15.9 Å². The molecule has 6 nitrogen and oxygen atoms in total. The van der Waals surface area contributed by atoms with E-state index >= 15 is 0 Å². The second kappa shape index (κ2) is 8.26. The van der Waals surface area contributed by atoms with E-state index in [-0.39, 0.29) is 6.42 Å². The fraction of sp³-hybridized carbons (Fsp3) is 0.118. The van der Waals surface area contributed by atoms with Crippen molar-refractivity contribution in [3.05, 3.63) is 58.6 Å². The lowest BCUT2D eigenvalue weighted by molar-refractivity contribution is -0.123. The third-order valence-corrected chi connectivity index (χ3v) is 3.55. The van der Waals surface area contributed by atoms with Gasteiger partial charge in [-0.3, -0.25) is 9.59 Å². The molecule has 124 valence electrons. The lowest BCUT2D eigenvalue weighted by atomic mass is 10.2. The van der Waals surface area contributed by atoms with Gasteiger partial charge in [-0.1, -0.05) is 22.0 Å². The molecule has 2 aromatic rings. The van der Waals surface area contributed by atoms with Gasteiger partial charge in [0, 0.05) is 15.8 Å². The molecule has 0 aliphatic carbocycles. The number of halogens is 1. The second-order valence-electron chi connectivity index (χ2n) is 4.85. The standard InChI is InChI=1S/C17H15BrN2O4/c1-24-17(23)11-3-2-4-14(9-11)20-16(22)10-15(21)19-13-7-5-12(18)6-8-13/h2-9H,10H2,1H3,(H,19,21)(H,20,22). The fourth-order valence-electron chi connectivity index (χ4n) is 1.93. The Morgan fingerprint density at radius 3 is 2.21 bits per heavy atom. The van der Waals surface area contributed by atoms with Crippen LogP contribution in [0.4, 0.5) is 11.4 Å². The van der Waals surface area contributed by atoms with Crippen molar-refractivity contribution >= 4 is 45.1 Å². The zero-order valence-electron chi connectivity index (χ0n) is 12.8. The van der Waals surface area contributed by atoms with Gasteiger partial charge >= 0.3 is 5.97 Å². The van der Waals surface area contributed by atoms with Crippen molar-refractivity contribution in [3.8, 4) is 0 Å². The van der Waals surface area contributed by atoms with Gasteiger partial charge in [-0.15, -0.1) is 0 Å². The Kier molecular flexibility index (Phi) is 6.08. The largest absolute Gasteiger partial charge is 0.465 e. The highest BCUT2D eigenvalue weighted by atomic mass is 79.9. The molecule has 2 N–H and O–H groups in total. The minimum Gasteiger partial charge on any atom is -0.465 e. The first-order valence-electron chi connectivity index (χ1n) is 7.01. The minimum atomic E-state index is -0.501. The first kappa shape index (κ1) is 17.7. The molecule has 2 amide bonds. The Morgan fingerprint density at radius 1 is 0.958 bits per heavy atom. The van der Waals surface area contributed by atoms with E-state index in [4.69, 9.17) is 0 Å². The maximum Gasteiger partial charge on any atom is 0.337 e. The average Bonchev–Trinajstić information content (AvgIpc) is 2.56. The van der Waals surface area contributed by atoms with Crippen molar-refractivity contribution in [1.82, 2.24) is 0 Å². The van der Waals surface area contributed by atoms with E-state index in [1.807, 2.05) is 0 Å². The summed E-state index contributed by atoms with van der Waals surface area (Å²) in [5, 5.41) is 5.20. The summed E-state index contributed by atoms with van der Waals surface area (Å²) in [6, 6.07) is 13.3. The number of carbonyl (C=O) groups excluding carboxylic acids is 3. The summed E-state index contributed by atoms with van der Waals surface area (Å²) in [6.45, 7) is 0. The lowest BCUT2D eigenvalue weighted by Crippen LogP contribution is -2.21. The van der Waals surface area contributed by atoms with Crippen LogP contribution in [0.3, 0.4) is 0 Å². The number of carbonyl (C=O) groups is 3. The summed E-state index contributed by atoms with van der Waals surface area (Å²) in [5.41, 5.74) is 1.33. The van der Waals surface area contributed by atoms with Crippen LogP contribution in [-0.4, -0.2) is 24.9 Å². The number of rotatable bonds is 5. The number of esters is 1. The molecule has 0 bridgehead atoms. The van der Waals surface area contributed by atoms with Crippen LogP contribution in [0.1, 0.15) is 16.8 Å². The molecule has 0 radical (unpaired) electrons. The normalized spacial score (nSPS) is 9.92. The molecule has 0 unspecified atom stereocenters. The number of benzene rings is 2. The zero-order chi connectivity index (χ0) is 17.5.